The summed E-state index contributed by atoms with van der Waals surface area (Å²) in [6.07, 6.45) is 3.64. The first-order valence-corrected chi connectivity index (χ1v) is 9.63. The van der Waals surface area contributed by atoms with Crippen LogP contribution in [-0.2, 0) is 28.4 Å². The summed E-state index contributed by atoms with van der Waals surface area (Å²) < 4.78 is 7.48. The maximum absolute atomic E-state index is 12.2. The van der Waals surface area contributed by atoms with Crippen LogP contribution in [0.5, 0.6) is 0 Å². The van der Waals surface area contributed by atoms with Gasteiger partial charge in [-0.2, -0.15) is 0 Å². The van der Waals surface area contributed by atoms with Crippen LogP contribution in [0.4, 0.5) is 0 Å². The number of hydrogen-bond acceptors (Lipinski definition) is 4. The number of nitrogens with zero attached hydrogens (tertiary/aromatic N) is 2. The molecule has 0 fully saturated rings. The first kappa shape index (κ1) is 18.3. The van der Waals surface area contributed by atoms with Gasteiger partial charge < -0.3 is 9.30 Å². The second-order valence-electron chi connectivity index (χ2n) is 6.00. The molecule has 1 aromatic heterocycles. The van der Waals surface area contributed by atoms with Crippen molar-refractivity contribution in [3.8, 4) is 0 Å². The summed E-state index contributed by atoms with van der Waals surface area (Å²) in [5, 5.41) is -0.215. The van der Waals surface area contributed by atoms with E-state index in [2.05, 4.69) is 29.2 Å². The van der Waals surface area contributed by atoms with Gasteiger partial charge in [0.05, 0.1) is 5.25 Å². The topological polar surface area (TPSA) is 44.1 Å². The van der Waals surface area contributed by atoms with E-state index < -0.39 is 0 Å². The average Bonchev–Trinajstić information content (AvgIpc) is 3.12. The van der Waals surface area contributed by atoms with E-state index in [0.29, 0.717) is 6.54 Å². The number of carbonyl (C=O) groups excluding carboxylic acids is 1. The molecule has 0 aliphatic carbocycles. The van der Waals surface area contributed by atoms with Gasteiger partial charge in [-0.25, -0.2) is 4.98 Å². The van der Waals surface area contributed by atoms with E-state index in [1.165, 1.54) is 11.1 Å². The minimum atomic E-state index is -0.215. The van der Waals surface area contributed by atoms with Gasteiger partial charge in [0.2, 0.25) is 0 Å². The first-order chi connectivity index (χ1) is 12.7. The van der Waals surface area contributed by atoms with E-state index in [0.717, 1.165) is 11.6 Å². The lowest BCUT2D eigenvalue weighted by Gasteiger charge is -2.12. The normalized spacial score (nSPS) is 11.9. The van der Waals surface area contributed by atoms with Gasteiger partial charge in [-0.1, -0.05) is 60.7 Å². The molecule has 26 heavy (non-hydrogen) atoms. The summed E-state index contributed by atoms with van der Waals surface area (Å²) in [5.74, 6) is 1.34. The maximum Gasteiger partial charge on any atom is 0.319 e. The first-order valence-electron chi connectivity index (χ1n) is 8.58. The van der Waals surface area contributed by atoms with Crippen LogP contribution in [0, 0.1) is 0 Å². The van der Waals surface area contributed by atoms with Crippen molar-refractivity contribution in [1.29, 1.82) is 0 Å². The minimum Gasteiger partial charge on any atom is -0.457 e. The Balaban J connectivity index is 1.49. The maximum atomic E-state index is 12.2. The smallest absolute Gasteiger partial charge is 0.319 e. The molecule has 0 saturated carbocycles. The molecular formula is C21H22N2O2S. The Morgan fingerprint density at radius 3 is 2.42 bits per heavy atom. The molecule has 3 rings (SSSR count). The highest BCUT2D eigenvalue weighted by Crippen LogP contribution is 2.19. The Morgan fingerprint density at radius 2 is 1.73 bits per heavy atom. The van der Waals surface area contributed by atoms with Crippen LogP contribution >= 0.6 is 11.8 Å². The molecule has 0 aliphatic heterocycles. The Bertz CT molecular complexity index is 818. The molecule has 1 atom stereocenters. The van der Waals surface area contributed by atoms with Gasteiger partial charge in [0.25, 0.3) is 0 Å². The molecule has 1 heterocycles. The molecule has 134 valence electrons. The van der Waals surface area contributed by atoms with Crippen molar-refractivity contribution in [2.75, 3.05) is 0 Å². The highest BCUT2D eigenvalue weighted by molar-refractivity contribution is 7.99. The highest BCUT2D eigenvalue weighted by atomic mass is 32.2. The third kappa shape index (κ3) is 5.23. The second kappa shape index (κ2) is 9.25. The average molecular weight is 366 g/mol. The molecule has 0 amide bonds. The number of ether oxygens (including phenoxy) is 1. The Hall–Kier alpha value is -2.53. The predicted octanol–water partition coefficient (Wildman–Crippen LogP) is 4.30. The summed E-state index contributed by atoms with van der Waals surface area (Å²) in [4.78, 5) is 16.6. The number of thioether (sulfide) groups is 1. The zero-order chi connectivity index (χ0) is 18.2. The van der Waals surface area contributed by atoms with Crippen LogP contribution in [0.15, 0.2) is 73.1 Å². The molecule has 2 aromatic carbocycles. The van der Waals surface area contributed by atoms with E-state index in [4.69, 9.17) is 4.74 Å². The fourth-order valence-electron chi connectivity index (χ4n) is 2.52. The fraction of sp³-hybridized carbons (Fsp3) is 0.238. The molecule has 0 spiro atoms. The number of carbonyl (C=O) groups is 1. The van der Waals surface area contributed by atoms with Gasteiger partial charge in [0, 0.05) is 24.7 Å². The van der Waals surface area contributed by atoms with Gasteiger partial charge >= 0.3 is 5.97 Å². The monoisotopic (exact) mass is 366 g/mol. The number of hydrogen-bond donors (Lipinski definition) is 0. The van der Waals surface area contributed by atoms with Crippen molar-refractivity contribution < 1.29 is 9.53 Å². The van der Waals surface area contributed by atoms with Gasteiger partial charge in [-0.3, -0.25) is 4.79 Å². The van der Waals surface area contributed by atoms with E-state index >= 15 is 0 Å². The van der Waals surface area contributed by atoms with E-state index in [-0.39, 0.29) is 17.8 Å². The van der Waals surface area contributed by atoms with Gasteiger partial charge in [0.1, 0.15) is 12.4 Å². The molecule has 4 nitrogen and oxygen atoms in total. The predicted molar refractivity (Wildman–Crippen MR) is 105 cm³/mol. The van der Waals surface area contributed by atoms with Crippen LogP contribution in [0.2, 0.25) is 0 Å². The lowest BCUT2D eigenvalue weighted by atomic mass is 10.2. The molecule has 0 saturated heterocycles. The van der Waals surface area contributed by atoms with E-state index in [1.807, 2.05) is 54.1 Å². The molecule has 0 radical (unpaired) electrons. The van der Waals surface area contributed by atoms with Crippen LogP contribution < -0.4 is 0 Å². The summed E-state index contributed by atoms with van der Waals surface area (Å²) >= 11 is 1.58. The van der Waals surface area contributed by atoms with Crippen molar-refractivity contribution in [2.45, 2.75) is 31.1 Å². The zero-order valence-corrected chi connectivity index (χ0v) is 15.6. The number of aromatic nitrogens is 2. The van der Waals surface area contributed by atoms with Crippen molar-refractivity contribution in [3.63, 3.8) is 0 Å². The lowest BCUT2D eigenvalue weighted by molar-refractivity contribution is -0.144. The number of benzene rings is 2. The third-order valence-electron chi connectivity index (χ3n) is 4.02. The minimum absolute atomic E-state index is 0.189. The lowest BCUT2D eigenvalue weighted by Crippen LogP contribution is -2.18. The standard InChI is InChI=1S/C21H22N2O2S/c1-17(26-16-19-10-6-3-7-11-19)21(24)25-15-20-22-12-13-23(20)14-18-8-4-2-5-9-18/h2-13,17H,14-16H2,1H3. The molecule has 0 N–H and O–H groups in total. The zero-order valence-electron chi connectivity index (χ0n) is 14.7. The summed E-state index contributed by atoms with van der Waals surface area (Å²) in [6.45, 7) is 2.79. The van der Waals surface area contributed by atoms with Crippen molar-refractivity contribution in [1.82, 2.24) is 9.55 Å². The van der Waals surface area contributed by atoms with Crippen LogP contribution in [-0.4, -0.2) is 20.8 Å². The van der Waals surface area contributed by atoms with Crippen LogP contribution in [0.3, 0.4) is 0 Å². The Kier molecular flexibility index (Phi) is 6.50. The summed E-state index contributed by atoms with van der Waals surface area (Å²) in [7, 11) is 0. The highest BCUT2D eigenvalue weighted by Gasteiger charge is 2.16. The SMILES string of the molecule is CC(SCc1ccccc1)C(=O)OCc1nccn1Cc1ccccc1. The fourth-order valence-corrected chi connectivity index (χ4v) is 3.36. The molecule has 0 aliphatic rings. The molecule has 5 heteroatoms. The van der Waals surface area contributed by atoms with Crippen LogP contribution in [0.25, 0.3) is 0 Å². The third-order valence-corrected chi connectivity index (χ3v) is 5.21. The summed E-state index contributed by atoms with van der Waals surface area (Å²) in [6, 6.07) is 20.3. The van der Waals surface area contributed by atoms with Gasteiger partial charge in [-0.15, -0.1) is 11.8 Å². The largest absolute Gasteiger partial charge is 0.457 e. The van der Waals surface area contributed by atoms with Crippen molar-refractivity contribution >= 4 is 17.7 Å². The number of rotatable bonds is 8. The van der Waals surface area contributed by atoms with Gasteiger partial charge in [-0.05, 0) is 18.1 Å². The van der Waals surface area contributed by atoms with Crippen molar-refractivity contribution in [2.24, 2.45) is 0 Å². The van der Waals surface area contributed by atoms with Crippen LogP contribution in [0.1, 0.15) is 23.9 Å². The second-order valence-corrected chi connectivity index (χ2v) is 7.33. The van der Waals surface area contributed by atoms with E-state index in [9.17, 15) is 4.79 Å². The molecule has 3 aromatic rings. The van der Waals surface area contributed by atoms with Gasteiger partial charge in [0.15, 0.2) is 0 Å². The molecule has 1 unspecified atom stereocenters. The number of esters is 1. The van der Waals surface area contributed by atoms with E-state index in [1.54, 1.807) is 18.0 Å². The summed E-state index contributed by atoms with van der Waals surface area (Å²) in [5.41, 5.74) is 2.39. The quantitative estimate of drug-likeness (QED) is 0.558. The Morgan fingerprint density at radius 1 is 1.08 bits per heavy atom. The number of imidazole rings is 1. The molecular weight excluding hydrogens is 344 g/mol. The molecule has 0 bridgehead atoms. The Labute approximate surface area is 158 Å². The van der Waals surface area contributed by atoms with Crippen molar-refractivity contribution in [3.05, 3.63) is 90.0 Å².